The van der Waals surface area contributed by atoms with Crippen LogP contribution in [0.5, 0.6) is 11.5 Å². The predicted molar refractivity (Wildman–Crippen MR) is 110 cm³/mol. The number of hydrazone groups is 1. The summed E-state index contributed by atoms with van der Waals surface area (Å²) in [6, 6.07) is 7.53. The zero-order chi connectivity index (χ0) is 20.7. The molecule has 3 N–H and O–H groups in total. The summed E-state index contributed by atoms with van der Waals surface area (Å²) in [5.74, 6) is -1.14. The highest BCUT2D eigenvalue weighted by Gasteiger charge is 2.11. The van der Waals surface area contributed by atoms with E-state index in [0.29, 0.717) is 22.9 Å². The molecule has 0 unspecified atom stereocenters. The zero-order valence-electron chi connectivity index (χ0n) is 14.6. The van der Waals surface area contributed by atoms with Gasteiger partial charge in [0.25, 0.3) is 0 Å². The van der Waals surface area contributed by atoms with Gasteiger partial charge < -0.3 is 15.2 Å². The van der Waals surface area contributed by atoms with E-state index >= 15 is 0 Å². The number of phenolic OH excluding ortho intramolecular Hbond substituents is 1. The maximum atomic E-state index is 11.9. The number of hydrogen-bond acceptors (Lipinski definition) is 5. The second kappa shape index (κ2) is 10.2. The number of ether oxygens (including phenoxy) is 1. The summed E-state index contributed by atoms with van der Waals surface area (Å²) in [5, 5.41) is 16.8. The smallest absolute Gasteiger partial charge is 0.249 e. The molecule has 2 aromatic carbocycles. The summed E-state index contributed by atoms with van der Waals surface area (Å²) in [7, 11) is 0. The highest BCUT2D eigenvalue weighted by Crippen LogP contribution is 2.34. The van der Waals surface area contributed by atoms with Gasteiger partial charge in [-0.1, -0.05) is 34.8 Å². The van der Waals surface area contributed by atoms with E-state index in [1.54, 1.807) is 13.0 Å². The summed E-state index contributed by atoms with van der Waals surface area (Å²) >= 11 is 17.6. The van der Waals surface area contributed by atoms with E-state index < -0.39 is 18.2 Å². The topological polar surface area (TPSA) is 100 Å². The van der Waals surface area contributed by atoms with E-state index in [4.69, 9.17) is 39.5 Å². The number of amides is 2. The minimum absolute atomic E-state index is 0.0831. The van der Waals surface area contributed by atoms with Gasteiger partial charge in [-0.3, -0.25) is 9.59 Å². The van der Waals surface area contributed by atoms with E-state index in [2.05, 4.69) is 15.8 Å². The number of benzene rings is 2. The molecule has 0 aliphatic carbocycles. The maximum Gasteiger partial charge on any atom is 0.249 e. The van der Waals surface area contributed by atoms with Gasteiger partial charge in [-0.15, -0.1) is 0 Å². The van der Waals surface area contributed by atoms with Crippen LogP contribution in [0, 0.1) is 0 Å². The Kier molecular flexibility index (Phi) is 7.92. The Bertz CT molecular complexity index is 919. The lowest BCUT2D eigenvalue weighted by Crippen LogP contribution is -2.24. The quantitative estimate of drug-likeness (QED) is 0.338. The lowest BCUT2D eigenvalue weighted by molar-refractivity contribution is -0.126. The van der Waals surface area contributed by atoms with E-state index in [-0.39, 0.29) is 21.5 Å². The SMILES string of the molecule is CCOc1cc(/C=N/NC(=O)CC(=O)Nc2ccc(Cl)c(Cl)c2)cc(Cl)c1O. The van der Waals surface area contributed by atoms with Crippen LogP contribution < -0.4 is 15.5 Å². The summed E-state index contributed by atoms with van der Waals surface area (Å²) in [4.78, 5) is 23.7. The molecule has 28 heavy (non-hydrogen) atoms. The van der Waals surface area contributed by atoms with E-state index in [1.165, 1.54) is 30.5 Å². The zero-order valence-corrected chi connectivity index (χ0v) is 16.9. The third kappa shape index (κ3) is 6.30. The van der Waals surface area contributed by atoms with Gasteiger partial charge in [-0.05, 0) is 42.8 Å². The summed E-state index contributed by atoms with van der Waals surface area (Å²) in [6.07, 6.45) is 0.862. The van der Waals surface area contributed by atoms with Crippen LogP contribution in [0.15, 0.2) is 35.4 Å². The van der Waals surface area contributed by atoms with Crippen molar-refractivity contribution in [2.45, 2.75) is 13.3 Å². The molecule has 0 fully saturated rings. The first kappa shape index (κ1) is 21.8. The van der Waals surface area contributed by atoms with Gasteiger partial charge in [0.15, 0.2) is 11.5 Å². The fraction of sp³-hybridized carbons (Fsp3) is 0.167. The number of phenols is 1. The molecule has 0 atom stereocenters. The fourth-order valence-corrected chi connectivity index (χ4v) is 2.59. The number of carbonyl (C=O) groups excluding carboxylic acids is 2. The predicted octanol–water partition coefficient (Wildman–Crippen LogP) is 4.23. The van der Waals surface area contributed by atoms with Crippen LogP contribution in [0.3, 0.4) is 0 Å². The molecule has 2 rings (SSSR count). The van der Waals surface area contributed by atoms with Crippen LogP contribution in [-0.2, 0) is 9.59 Å². The molecule has 7 nitrogen and oxygen atoms in total. The number of anilines is 1. The Balaban J connectivity index is 1.91. The molecule has 2 aromatic rings. The number of halogens is 3. The molecule has 2 amide bonds. The molecule has 0 bridgehead atoms. The molecule has 0 spiro atoms. The van der Waals surface area contributed by atoms with E-state index in [0.717, 1.165) is 0 Å². The molecule has 0 radical (unpaired) electrons. The first-order chi connectivity index (χ1) is 13.3. The van der Waals surface area contributed by atoms with Gasteiger partial charge in [0.2, 0.25) is 11.8 Å². The highest BCUT2D eigenvalue weighted by molar-refractivity contribution is 6.42. The lowest BCUT2D eigenvalue weighted by Gasteiger charge is -2.08. The average molecular weight is 445 g/mol. The first-order valence-electron chi connectivity index (χ1n) is 8.02. The normalized spacial score (nSPS) is 10.7. The Morgan fingerprint density at radius 1 is 1.11 bits per heavy atom. The average Bonchev–Trinajstić information content (AvgIpc) is 2.62. The molecule has 0 aliphatic heterocycles. The molecule has 0 heterocycles. The molecule has 0 saturated carbocycles. The number of nitrogens with one attached hydrogen (secondary N) is 2. The van der Waals surface area contributed by atoms with Crippen LogP contribution in [0.1, 0.15) is 18.9 Å². The fourth-order valence-electron chi connectivity index (χ4n) is 2.08. The highest BCUT2D eigenvalue weighted by atomic mass is 35.5. The third-order valence-electron chi connectivity index (χ3n) is 3.28. The van der Waals surface area contributed by atoms with Crippen molar-refractivity contribution >= 4 is 58.5 Å². The third-order valence-corrected chi connectivity index (χ3v) is 4.31. The van der Waals surface area contributed by atoms with Gasteiger partial charge in [-0.2, -0.15) is 5.10 Å². The lowest BCUT2D eigenvalue weighted by atomic mass is 10.2. The Labute approximate surface area is 176 Å². The van der Waals surface area contributed by atoms with Crippen LogP contribution in [0.2, 0.25) is 15.1 Å². The molecular weight excluding hydrogens is 429 g/mol. The van der Waals surface area contributed by atoms with Gasteiger partial charge >= 0.3 is 0 Å². The van der Waals surface area contributed by atoms with Gasteiger partial charge in [-0.25, -0.2) is 5.43 Å². The van der Waals surface area contributed by atoms with E-state index in [1.807, 2.05) is 0 Å². The van der Waals surface area contributed by atoms with Crippen molar-refractivity contribution in [1.82, 2.24) is 5.43 Å². The number of hydrogen-bond donors (Lipinski definition) is 3. The van der Waals surface area contributed by atoms with Crippen molar-refractivity contribution < 1.29 is 19.4 Å². The van der Waals surface area contributed by atoms with Crippen LogP contribution in [0.4, 0.5) is 5.69 Å². The van der Waals surface area contributed by atoms with Crippen LogP contribution in [-0.4, -0.2) is 29.7 Å². The Morgan fingerprint density at radius 3 is 2.54 bits per heavy atom. The monoisotopic (exact) mass is 443 g/mol. The number of nitrogens with zero attached hydrogens (tertiary/aromatic N) is 1. The minimum Gasteiger partial charge on any atom is -0.503 e. The molecule has 148 valence electrons. The molecule has 0 aromatic heterocycles. The van der Waals surface area contributed by atoms with E-state index in [9.17, 15) is 14.7 Å². The van der Waals surface area contributed by atoms with Crippen molar-refractivity contribution in [3.05, 3.63) is 51.0 Å². The van der Waals surface area contributed by atoms with Crippen LogP contribution in [0.25, 0.3) is 0 Å². The number of aromatic hydroxyl groups is 1. The van der Waals surface area contributed by atoms with Gasteiger partial charge in [0.05, 0.1) is 27.9 Å². The van der Waals surface area contributed by atoms with Crippen molar-refractivity contribution in [1.29, 1.82) is 0 Å². The largest absolute Gasteiger partial charge is 0.503 e. The molecule has 10 heteroatoms. The van der Waals surface area contributed by atoms with Gasteiger partial charge in [0, 0.05) is 5.69 Å². The van der Waals surface area contributed by atoms with Crippen molar-refractivity contribution in [2.24, 2.45) is 5.10 Å². The standard InChI is InChI=1S/C18H16Cl3N3O4/c1-2-28-15-6-10(5-14(21)18(15)27)9-22-24-17(26)8-16(25)23-11-3-4-12(19)13(20)7-11/h3-7,9,27H,2,8H2,1H3,(H,23,25)(H,24,26)/b22-9+. The second-order valence-corrected chi connectivity index (χ2v) is 6.65. The number of carbonyl (C=O) groups is 2. The Morgan fingerprint density at radius 2 is 1.86 bits per heavy atom. The maximum absolute atomic E-state index is 11.9. The van der Waals surface area contributed by atoms with Crippen LogP contribution >= 0.6 is 34.8 Å². The number of rotatable bonds is 7. The second-order valence-electron chi connectivity index (χ2n) is 5.43. The molecule has 0 saturated heterocycles. The van der Waals surface area contributed by atoms with Crippen molar-refractivity contribution in [3.63, 3.8) is 0 Å². The summed E-state index contributed by atoms with van der Waals surface area (Å²) < 4.78 is 5.26. The summed E-state index contributed by atoms with van der Waals surface area (Å²) in [6.45, 7) is 2.10. The Hall–Kier alpha value is -2.48. The van der Waals surface area contributed by atoms with Crippen molar-refractivity contribution in [2.75, 3.05) is 11.9 Å². The van der Waals surface area contributed by atoms with Gasteiger partial charge in [0.1, 0.15) is 6.42 Å². The molecular formula is C18H16Cl3N3O4. The molecule has 0 aliphatic rings. The first-order valence-corrected chi connectivity index (χ1v) is 9.15. The van der Waals surface area contributed by atoms with Crippen molar-refractivity contribution in [3.8, 4) is 11.5 Å². The minimum atomic E-state index is -0.622. The summed E-state index contributed by atoms with van der Waals surface area (Å²) in [5.41, 5.74) is 3.14.